The number of allylic oxidation sites excluding steroid dienone is 2. The number of amides is 1. The molecule has 4 nitrogen and oxygen atoms in total. The lowest BCUT2D eigenvalue weighted by Gasteiger charge is -2.26. The molecule has 0 aliphatic carbocycles. The smallest absolute Gasteiger partial charge is 0.328 e. The summed E-state index contributed by atoms with van der Waals surface area (Å²) >= 11 is 0. The van der Waals surface area contributed by atoms with Crippen LogP contribution in [0, 0.1) is 17.7 Å². The number of likely N-dealkylation sites (tertiary alicyclic amines) is 1. The maximum Gasteiger partial charge on any atom is 0.328 e. The number of halogens is 1. The summed E-state index contributed by atoms with van der Waals surface area (Å²) in [6.45, 7) is 8.31. The molecule has 2 rings (SSSR count). The lowest BCUT2D eigenvalue weighted by atomic mass is 9.99. The Morgan fingerprint density at radius 2 is 2.21 bits per heavy atom. The molecule has 3 atom stereocenters. The van der Waals surface area contributed by atoms with E-state index in [0.29, 0.717) is 19.4 Å². The Bertz CT molecular complexity index is 716. The average molecular weight is 387 g/mol. The molecule has 1 heterocycles. The number of carbonyl (C=O) groups excluding carboxylic acids is 2. The molecule has 1 fully saturated rings. The number of rotatable bonds is 9. The summed E-state index contributed by atoms with van der Waals surface area (Å²) in [6, 6.07) is 5.75. The maximum atomic E-state index is 13.4. The van der Waals surface area contributed by atoms with E-state index in [1.165, 1.54) is 12.1 Å². The predicted molar refractivity (Wildman–Crippen MR) is 108 cm³/mol. The fourth-order valence-corrected chi connectivity index (χ4v) is 3.64. The highest BCUT2D eigenvalue weighted by atomic mass is 19.1. The molecule has 0 radical (unpaired) electrons. The van der Waals surface area contributed by atoms with Gasteiger partial charge in [-0.1, -0.05) is 37.3 Å². The van der Waals surface area contributed by atoms with Gasteiger partial charge < -0.3 is 9.64 Å². The Morgan fingerprint density at radius 3 is 2.89 bits per heavy atom. The normalized spacial score (nSPS) is 18.8. The number of nitrogens with zero attached hydrogens (tertiary/aromatic N) is 1. The Labute approximate surface area is 167 Å². The maximum absolute atomic E-state index is 13.4. The molecule has 0 N–H and O–H groups in total. The average Bonchev–Trinajstić information content (AvgIpc) is 3.15. The summed E-state index contributed by atoms with van der Waals surface area (Å²) in [4.78, 5) is 27.1. The van der Waals surface area contributed by atoms with Crippen molar-refractivity contribution in [2.75, 3.05) is 13.2 Å². The summed E-state index contributed by atoms with van der Waals surface area (Å²) in [5.41, 5.74) is 0.776. The zero-order chi connectivity index (χ0) is 20.5. The molecule has 1 aromatic carbocycles. The van der Waals surface area contributed by atoms with Crippen molar-refractivity contribution in [1.29, 1.82) is 0 Å². The Balaban J connectivity index is 1.95. The van der Waals surface area contributed by atoms with Gasteiger partial charge in [0.15, 0.2) is 0 Å². The van der Waals surface area contributed by atoms with Crippen LogP contribution in [0.1, 0.15) is 38.7 Å². The number of ether oxygens (including phenoxy) is 1. The van der Waals surface area contributed by atoms with Crippen LogP contribution in [-0.2, 0) is 20.7 Å². The summed E-state index contributed by atoms with van der Waals surface area (Å²) in [6.07, 6.45) is 8.30. The second-order valence-electron chi connectivity index (χ2n) is 7.37. The number of esters is 1. The van der Waals surface area contributed by atoms with E-state index in [1.54, 1.807) is 17.0 Å². The standard InChI is InChI=1S/C23H30FNO3/c1-4-8-18(9-5-2)16-28-23(27)21-12-7-13-25(21)22(26)17(3)14-19-10-6-11-20(24)15-19/h4-6,9-11,15,17-18,21H,1,7-8,12-14,16H2,2-3H3/b9-5-/t17?,18?,21-/m1/s1. The molecular formula is C23H30FNO3. The minimum absolute atomic E-state index is 0.0835. The molecule has 1 amide bonds. The summed E-state index contributed by atoms with van der Waals surface area (Å²) in [5, 5.41) is 0. The van der Waals surface area contributed by atoms with Crippen LogP contribution in [0.3, 0.4) is 0 Å². The highest BCUT2D eigenvalue weighted by molar-refractivity contribution is 5.86. The van der Waals surface area contributed by atoms with Crippen LogP contribution in [0.15, 0.2) is 49.1 Å². The van der Waals surface area contributed by atoms with E-state index in [2.05, 4.69) is 6.58 Å². The lowest BCUT2D eigenvalue weighted by Crippen LogP contribution is -2.44. The minimum atomic E-state index is -0.530. The van der Waals surface area contributed by atoms with Crippen LogP contribution in [0.5, 0.6) is 0 Å². The van der Waals surface area contributed by atoms with Gasteiger partial charge in [-0.25, -0.2) is 9.18 Å². The van der Waals surface area contributed by atoms with E-state index in [9.17, 15) is 14.0 Å². The summed E-state index contributed by atoms with van der Waals surface area (Å²) in [7, 11) is 0. The summed E-state index contributed by atoms with van der Waals surface area (Å²) in [5.74, 6) is -0.965. The van der Waals surface area contributed by atoms with Gasteiger partial charge >= 0.3 is 5.97 Å². The van der Waals surface area contributed by atoms with E-state index >= 15 is 0 Å². The van der Waals surface area contributed by atoms with Gasteiger partial charge in [0.05, 0.1) is 6.61 Å². The predicted octanol–water partition coefficient (Wildman–Crippen LogP) is 4.31. The van der Waals surface area contributed by atoms with E-state index in [0.717, 1.165) is 18.4 Å². The molecule has 5 heteroatoms. The highest BCUT2D eigenvalue weighted by Crippen LogP contribution is 2.23. The van der Waals surface area contributed by atoms with Gasteiger partial charge in [-0.05, 0) is 50.3 Å². The summed E-state index contributed by atoms with van der Waals surface area (Å²) < 4.78 is 18.9. The molecule has 1 saturated heterocycles. The molecule has 1 aromatic rings. The molecule has 28 heavy (non-hydrogen) atoms. The number of hydrogen-bond acceptors (Lipinski definition) is 3. The van der Waals surface area contributed by atoms with Gasteiger partial charge in [-0.2, -0.15) is 0 Å². The SMILES string of the molecule is C=CCC(/C=C\C)COC(=O)[C@H]1CCCN1C(=O)C(C)Cc1cccc(F)c1. The van der Waals surface area contributed by atoms with Crippen LogP contribution < -0.4 is 0 Å². The van der Waals surface area contributed by atoms with Crippen molar-refractivity contribution in [2.45, 2.75) is 45.6 Å². The van der Waals surface area contributed by atoms with Crippen molar-refractivity contribution in [1.82, 2.24) is 4.90 Å². The van der Waals surface area contributed by atoms with Crippen molar-refractivity contribution in [3.8, 4) is 0 Å². The monoisotopic (exact) mass is 387 g/mol. The van der Waals surface area contributed by atoms with Crippen molar-refractivity contribution in [3.63, 3.8) is 0 Å². The first kappa shape index (κ1) is 21.9. The van der Waals surface area contributed by atoms with Gasteiger partial charge in [0, 0.05) is 18.4 Å². The van der Waals surface area contributed by atoms with Crippen LogP contribution in [-0.4, -0.2) is 36.0 Å². The van der Waals surface area contributed by atoms with Crippen LogP contribution in [0.2, 0.25) is 0 Å². The lowest BCUT2D eigenvalue weighted by molar-refractivity contribution is -0.155. The van der Waals surface area contributed by atoms with Gasteiger partial charge in [-0.15, -0.1) is 6.58 Å². The van der Waals surface area contributed by atoms with Gasteiger partial charge in [0.1, 0.15) is 11.9 Å². The second-order valence-corrected chi connectivity index (χ2v) is 7.37. The van der Waals surface area contributed by atoms with E-state index < -0.39 is 6.04 Å². The van der Waals surface area contributed by atoms with Crippen LogP contribution in [0.25, 0.3) is 0 Å². The van der Waals surface area contributed by atoms with Crippen molar-refractivity contribution >= 4 is 11.9 Å². The van der Waals surface area contributed by atoms with Gasteiger partial charge in [-0.3, -0.25) is 4.79 Å². The zero-order valence-electron chi connectivity index (χ0n) is 16.8. The topological polar surface area (TPSA) is 46.6 Å². The van der Waals surface area contributed by atoms with Crippen LogP contribution >= 0.6 is 0 Å². The molecular weight excluding hydrogens is 357 g/mol. The third-order valence-electron chi connectivity index (χ3n) is 5.03. The Hall–Kier alpha value is -2.43. The first-order chi connectivity index (χ1) is 13.5. The Kier molecular flexibility index (Phi) is 8.42. The third-order valence-corrected chi connectivity index (χ3v) is 5.03. The van der Waals surface area contributed by atoms with Crippen molar-refractivity contribution in [3.05, 3.63) is 60.5 Å². The van der Waals surface area contributed by atoms with E-state index in [4.69, 9.17) is 4.74 Å². The zero-order valence-corrected chi connectivity index (χ0v) is 16.8. The fourth-order valence-electron chi connectivity index (χ4n) is 3.64. The molecule has 0 spiro atoms. The number of carbonyl (C=O) groups is 2. The second kappa shape index (κ2) is 10.8. The third kappa shape index (κ3) is 6.04. The largest absolute Gasteiger partial charge is 0.464 e. The van der Waals surface area contributed by atoms with Crippen molar-refractivity contribution < 1.29 is 18.7 Å². The molecule has 2 unspecified atom stereocenters. The number of benzene rings is 1. The highest BCUT2D eigenvalue weighted by Gasteiger charge is 2.37. The van der Waals surface area contributed by atoms with E-state index in [1.807, 2.05) is 32.1 Å². The molecule has 1 aliphatic rings. The molecule has 0 saturated carbocycles. The van der Waals surface area contributed by atoms with Crippen molar-refractivity contribution in [2.24, 2.45) is 11.8 Å². The Morgan fingerprint density at radius 1 is 1.43 bits per heavy atom. The fraction of sp³-hybridized carbons (Fsp3) is 0.478. The van der Waals surface area contributed by atoms with Crippen LogP contribution in [0.4, 0.5) is 4.39 Å². The molecule has 152 valence electrons. The first-order valence-electron chi connectivity index (χ1n) is 9.91. The number of hydrogen-bond donors (Lipinski definition) is 0. The first-order valence-corrected chi connectivity index (χ1v) is 9.91. The molecule has 0 bridgehead atoms. The quantitative estimate of drug-likeness (QED) is 0.469. The van der Waals surface area contributed by atoms with E-state index in [-0.39, 0.29) is 36.1 Å². The van der Waals surface area contributed by atoms with Gasteiger partial charge in [0.25, 0.3) is 0 Å². The molecule has 0 aromatic heterocycles. The minimum Gasteiger partial charge on any atom is -0.464 e. The van der Waals surface area contributed by atoms with Gasteiger partial charge in [0.2, 0.25) is 5.91 Å². The molecule has 1 aliphatic heterocycles.